The quantitative estimate of drug-likeness (QED) is 0.622. The van der Waals surface area contributed by atoms with E-state index in [9.17, 15) is 23.2 Å². The van der Waals surface area contributed by atoms with Gasteiger partial charge in [-0.1, -0.05) is 43.6 Å². The number of halogens is 3. The first-order chi connectivity index (χ1) is 14.1. The fourth-order valence-corrected chi connectivity index (χ4v) is 2.99. The van der Waals surface area contributed by atoms with E-state index in [1.54, 1.807) is 32.0 Å². The molecule has 3 N–H and O–H groups in total. The molecule has 2 aromatic carbocycles. The first-order valence-electron chi connectivity index (χ1n) is 9.18. The highest BCUT2D eigenvalue weighted by Gasteiger charge is 2.30. The normalized spacial score (nSPS) is 12.8. The fraction of sp³-hybridized carbons (Fsp3) is 0.286. The maximum Gasteiger partial charge on any atom is 0.253 e. The highest BCUT2D eigenvalue weighted by Crippen LogP contribution is 2.19. The summed E-state index contributed by atoms with van der Waals surface area (Å²) in [5, 5.41) is 7.70. The maximum absolute atomic E-state index is 13.6. The Hall–Kier alpha value is -3.00. The summed E-state index contributed by atoms with van der Waals surface area (Å²) < 4.78 is 26.9. The van der Waals surface area contributed by atoms with Gasteiger partial charge in [0.1, 0.15) is 12.1 Å². The second-order valence-electron chi connectivity index (χ2n) is 6.90. The van der Waals surface area contributed by atoms with E-state index in [4.69, 9.17) is 11.6 Å². The van der Waals surface area contributed by atoms with Crippen LogP contribution in [0.2, 0.25) is 5.02 Å². The highest BCUT2D eigenvalue weighted by molar-refractivity contribution is 6.33. The Balaban J connectivity index is 2.26. The summed E-state index contributed by atoms with van der Waals surface area (Å²) in [5.74, 6) is -4.42. The molecule has 2 aromatic rings. The van der Waals surface area contributed by atoms with Gasteiger partial charge >= 0.3 is 0 Å². The van der Waals surface area contributed by atoms with Crippen LogP contribution in [0.25, 0.3) is 0 Å². The molecule has 9 heteroatoms. The summed E-state index contributed by atoms with van der Waals surface area (Å²) in [6.45, 7) is 3.42. The van der Waals surface area contributed by atoms with Gasteiger partial charge in [-0.05, 0) is 35.7 Å². The molecule has 0 aromatic heterocycles. The van der Waals surface area contributed by atoms with E-state index >= 15 is 0 Å². The van der Waals surface area contributed by atoms with Crippen molar-refractivity contribution in [1.29, 1.82) is 0 Å². The Labute approximate surface area is 178 Å². The van der Waals surface area contributed by atoms with E-state index in [-0.39, 0.29) is 22.1 Å². The van der Waals surface area contributed by atoms with Gasteiger partial charge in [0.25, 0.3) is 5.91 Å². The number of likely N-dealkylation sites (N-methyl/N-ethyl adjacent to an activating group) is 1. The third-order valence-electron chi connectivity index (χ3n) is 4.43. The van der Waals surface area contributed by atoms with Crippen molar-refractivity contribution >= 4 is 29.3 Å². The summed E-state index contributed by atoms with van der Waals surface area (Å²) in [5.41, 5.74) is 0.252. The SMILES string of the molecule is CNC(=O)C(NC(=O)C(NC(=O)c1ccccc1Cl)C(C)C)c1ccc(F)c(F)c1. The average molecular weight is 438 g/mol. The number of amides is 3. The molecule has 0 aliphatic heterocycles. The molecule has 0 spiro atoms. The molecule has 2 unspecified atom stereocenters. The minimum Gasteiger partial charge on any atom is -0.357 e. The second kappa shape index (κ2) is 10.2. The zero-order valence-corrected chi connectivity index (χ0v) is 17.4. The smallest absolute Gasteiger partial charge is 0.253 e. The third-order valence-corrected chi connectivity index (χ3v) is 4.76. The van der Waals surface area contributed by atoms with Crippen molar-refractivity contribution in [3.05, 3.63) is 70.2 Å². The van der Waals surface area contributed by atoms with Gasteiger partial charge in [-0.15, -0.1) is 0 Å². The third kappa shape index (κ3) is 5.54. The monoisotopic (exact) mass is 437 g/mol. The average Bonchev–Trinajstić information content (AvgIpc) is 2.71. The summed E-state index contributed by atoms with van der Waals surface area (Å²) in [4.78, 5) is 37.7. The minimum atomic E-state index is -1.28. The summed E-state index contributed by atoms with van der Waals surface area (Å²) >= 11 is 6.03. The number of carbonyl (C=O) groups excluding carboxylic acids is 3. The van der Waals surface area contributed by atoms with Gasteiger partial charge in [0.15, 0.2) is 11.6 Å². The Morgan fingerprint density at radius 2 is 1.60 bits per heavy atom. The zero-order chi connectivity index (χ0) is 22.4. The Morgan fingerprint density at radius 1 is 0.933 bits per heavy atom. The molecule has 0 heterocycles. The van der Waals surface area contributed by atoms with Crippen LogP contribution in [0.15, 0.2) is 42.5 Å². The van der Waals surface area contributed by atoms with Crippen LogP contribution in [-0.2, 0) is 9.59 Å². The molecular weight excluding hydrogens is 416 g/mol. The lowest BCUT2D eigenvalue weighted by molar-refractivity contribution is -0.130. The van der Waals surface area contributed by atoms with Crippen molar-refractivity contribution in [1.82, 2.24) is 16.0 Å². The highest BCUT2D eigenvalue weighted by atomic mass is 35.5. The van der Waals surface area contributed by atoms with Crippen molar-refractivity contribution in [3.63, 3.8) is 0 Å². The summed E-state index contributed by atoms with van der Waals surface area (Å²) in [6.07, 6.45) is 0. The molecule has 0 saturated carbocycles. The maximum atomic E-state index is 13.6. The molecule has 160 valence electrons. The van der Waals surface area contributed by atoms with Crippen LogP contribution in [0, 0.1) is 17.6 Å². The lowest BCUT2D eigenvalue weighted by Crippen LogP contribution is -2.52. The molecule has 0 saturated heterocycles. The van der Waals surface area contributed by atoms with Crippen LogP contribution in [0.5, 0.6) is 0 Å². The first-order valence-corrected chi connectivity index (χ1v) is 9.55. The molecular formula is C21H22ClF2N3O3. The van der Waals surface area contributed by atoms with Crippen molar-refractivity contribution in [2.24, 2.45) is 5.92 Å². The lowest BCUT2D eigenvalue weighted by Gasteiger charge is -2.25. The summed E-state index contributed by atoms with van der Waals surface area (Å²) in [6, 6.07) is 6.98. The van der Waals surface area contributed by atoms with E-state index < -0.39 is 41.4 Å². The minimum absolute atomic E-state index is 0.0570. The van der Waals surface area contributed by atoms with Crippen LogP contribution in [-0.4, -0.2) is 30.8 Å². The zero-order valence-electron chi connectivity index (χ0n) is 16.6. The van der Waals surface area contributed by atoms with E-state index in [1.807, 2.05) is 0 Å². The van der Waals surface area contributed by atoms with Crippen LogP contribution >= 0.6 is 11.6 Å². The number of nitrogens with one attached hydrogen (secondary N) is 3. The van der Waals surface area contributed by atoms with Gasteiger partial charge in [-0.3, -0.25) is 14.4 Å². The predicted molar refractivity (Wildman–Crippen MR) is 109 cm³/mol. The van der Waals surface area contributed by atoms with Gasteiger partial charge in [0, 0.05) is 7.05 Å². The number of rotatable bonds is 7. The molecule has 30 heavy (non-hydrogen) atoms. The van der Waals surface area contributed by atoms with Crippen molar-refractivity contribution in [2.75, 3.05) is 7.05 Å². The standard InChI is InChI=1S/C21H22ClF2N3O3/c1-11(2)17(26-19(28)13-6-4-5-7-14(13)22)21(30)27-18(20(29)25-3)12-8-9-15(23)16(24)10-12/h4-11,17-18H,1-3H3,(H,25,29)(H,26,28)(H,27,30). The Bertz CT molecular complexity index is 953. The lowest BCUT2D eigenvalue weighted by atomic mass is 10.0. The summed E-state index contributed by atoms with van der Waals surface area (Å²) in [7, 11) is 1.35. The number of carbonyl (C=O) groups is 3. The predicted octanol–water partition coefficient (Wildman–Crippen LogP) is 2.98. The van der Waals surface area contributed by atoms with Gasteiger partial charge < -0.3 is 16.0 Å². The van der Waals surface area contributed by atoms with E-state index in [0.717, 1.165) is 12.1 Å². The molecule has 0 aliphatic rings. The molecule has 0 fully saturated rings. The van der Waals surface area contributed by atoms with E-state index in [0.29, 0.717) is 0 Å². The largest absolute Gasteiger partial charge is 0.357 e. The number of hydrogen-bond acceptors (Lipinski definition) is 3. The molecule has 2 atom stereocenters. The molecule has 6 nitrogen and oxygen atoms in total. The molecule has 0 aliphatic carbocycles. The fourth-order valence-electron chi connectivity index (χ4n) is 2.77. The van der Waals surface area contributed by atoms with E-state index in [1.165, 1.54) is 19.2 Å². The second-order valence-corrected chi connectivity index (χ2v) is 7.31. The van der Waals surface area contributed by atoms with Crippen molar-refractivity contribution in [2.45, 2.75) is 25.9 Å². The van der Waals surface area contributed by atoms with Crippen LogP contribution in [0.3, 0.4) is 0 Å². The number of hydrogen-bond donors (Lipinski definition) is 3. The van der Waals surface area contributed by atoms with Gasteiger partial charge in [-0.25, -0.2) is 8.78 Å². The number of benzene rings is 2. The molecule has 0 radical (unpaired) electrons. The molecule has 3 amide bonds. The van der Waals surface area contributed by atoms with E-state index in [2.05, 4.69) is 16.0 Å². The topological polar surface area (TPSA) is 87.3 Å². The van der Waals surface area contributed by atoms with Gasteiger partial charge in [0.05, 0.1) is 10.6 Å². The van der Waals surface area contributed by atoms with Gasteiger partial charge in [0.2, 0.25) is 11.8 Å². The van der Waals surface area contributed by atoms with Crippen LogP contribution in [0.4, 0.5) is 8.78 Å². The Kier molecular flexibility index (Phi) is 7.88. The molecule has 0 bridgehead atoms. The van der Waals surface area contributed by atoms with Crippen molar-refractivity contribution in [3.8, 4) is 0 Å². The van der Waals surface area contributed by atoms with Gasteiger partial charge in [-0.2, -0.15) is 0 Å². The molecule has 2 rings (SSSR count). The van der Waals surface area contributed by atoms with Crippen LogP contribution in [0.1, 0.15) is 35.8 Å². The first kappa shape index (κ1) is 23.3. The Morgan fingerprint density at radius 3 is 2.17 bits per heavy atom. The van der Waals surface area contributed by atoms with Crippen molar-refractivity contribution < 1.29 is 23.2 Å². The van der Waals surface area contributed by atoms with Crippen LogP contribution < -0.4 is 16.0 Å².